The quantitative estimate of drug-likeness (QED) is 0.584. The summed E-state index contributed by atoms with van der Waals surface area (Å²) in [5, 5.41) is 0. The number of hydrogen-bond acceptors (Lipinski definition) is 2. The molecule has 0 radical (unpaired) electrons. The van der Waals surface area contributed by atoms with Gasteiger partial charge in [0.1, 0.15) is 5.69 Å². The highest BCUT2D eigenvalue weighted by Gasteiger charge is 2.24. The Morgan fingerprint density at radius 3 is 2.38 bits per heavy atom. The molecule has 1 heterocycles. The van der Waals surface area contributed by atoms with Gasteiger partial charge in [-0.2, -0.15) is 0 Å². The van der Waals surface area contributed by atoms with E-state index in [0.717, 1.165) is 4.90 Å². The van der Waals surface area contributed by atoms with Gasteiger partial charge in [-0.1, -0.05) is 12.1 Å². The third-order valence-corrected chi connectivity index (χ3v) is 1.68. The summed E-state index contributed by atoms with van der Waals surface area (Å²) in [7, 11) is 0. The predicted molar refractivity (Wildman–Crippen MR) is 45.7 cm³/mol. The van der Waals surface area contributed by atoms with E-state index in [1.807, 2.05) is 0 Å². The summed E-state index contributed by atoms with van der Waals surface area (Å²) >= 11 is 0. The third kappa shape index (κ3) is 1.18. The molecule has 1 aromatic carbocycles. The topological polar surface area (TPSA) is 37.4 Å². The van der Waals surface area contributed by atoms with Crippen molar-refractivity contribution in [1.82, 2.24) is 0 Å². The molecule has 0 saturated carbocycles. The van der Waals surface area contributed by atoms with E-state index in [4.69, 9.17) is 0 Å². The Morgan fingerprint density at radius 2 is 1.85 bits per heavy atom. The second-order valence-electron chi connectivity index (χ2n) is 2.53. The van der Waals surface area contributed by atoms with Crippen LogP contribution in [0.5, 0.6) is 0 Å². The zero-order valence-electron chi connectivity index (χ0n) is 6.65. The van der Waals surface area contributed by atoms with Crippen LogP contribution in [0.15, 0.2) is 30.4 Å². The molecule has 0 unspecified atom stereocenters. The monoisotopic (exact) mass is 171 g/mol. The Morgan fingerprint density at radius 1 is 1.15 bits per heavy atom. The van der Waals surface area contributed by atoms with E-state index < -0.39 is 0 Å². The molecule has 1 aromatic rings. The van der Waals surface area contributed by atoms with Crippen LogP contribution in [0.3, 0.4) is 0 Å². The molecule has 1 aliphatic heterocycles. The van der Waals surface area contributed by atoms with Crippen LogP contribution in [0, 0.1) is 12.1 Å². The van der Waals surface area contributed by atoms with Gasteiger partial charge in [-0.25, -0.2) is 4.90 Å². The molecule has 3 nitrogen and oxygen atoms in total. The molecule has 0 aliphatic carbocycles. The van der Waals surface area contributed by atoms with Crippen molar-refractivity contribution in [2.45, 2.75) is 0 Å². The average Bonchev–Trinajstić information content (AvgIpc) is 2.48. The summed E-state index contributed by atoms with van der Waals surface area (Å²) in [4.78, 5) is 23.4. The van der Waals surface area contributed by atoms with Crippen LogP contribution in [0.4, 0.5) is 5.69 Å². The van der Waals surface area contributed by atoms with Gasteiger partial charge in [0.25, 0.3) is 11.8 Å². The van der Waals surface area contributed by atoms with Crippen molar-refractivity contribution < 1.29 is 9.59 Å². The molecule has 0 atom stereocenters. The summed E-state index contributed by atoms with van der Waals surface area (Å²) in [6.07, 6.45) is 2.48. The molecular weight excluding hydrogens is 166 g/mol. The fourth-order valence-corrected chi connectivity index (χ4v) is 1.11. The predicted octanol–water partition coefficient (Wildman–Crippen LogP) is 0.716. The van der Waals surface area contributed by atoms with Gasteiger partial charge in [0, 0.05) is 12.2 Å². The SMILES string of the molecule is O=C1C=CC(=O)N1c1c#cccc1. The van der Waals surface area contributed by atoms with Crippen molar-refractivity contribution in [3.05, 3.63) is 42.5 Å². The lowest BCUT2D eigenvalue weighted by Crippen LogP contribution is -2.29. The maximum absolute atomic E-state index is 11.2. The van der Waals surface area contributed by atoms with Crippen LogP contribution >= 0.6 is 0 Å². The van der Waals surface area contributed by atoms with E-state index in [0.29, 0.717) is 5.69 Å². The van der Waals surface area contributed by atoms with E-state index in [1.165, 1.54) is 12.2 Å². The van der Waals surface area contributed by atoms with Crippen LogP contribution in [-0.4, -0.2) is 11.8 Å². The second kappa shape index (κ2) is 2.76. The lowest BCUT2D eigenvalue weighted by atomic mass is 10.3. The summed E-state index contributed by atoms with van der Waals surface area (Å²) in [5.41, 5.74) is 0.433. The molecule has 0 spiro atoms. The van der Waals surface area contributed by atoms with Gasteiger partial charge in [0.05, 0.1) is 0 Å². The first-order valence-corrected chi connectivity index (χ1v) is 3.73. The zero-order chi connectivity index (χ0) is 9.26. The van der Waals surface area contributed by atoms with E-state index in [-0.39, 0.29) is 11.8 Å². The summed E-state index contributed by atoms with van der Waals surface area (Å²) < 4.78 is 0. The van der Waals surface area contributed by atoms with Gasteiger partial charge in [-0.05, 0) is 18.2 Å². The highest BCUT2D eigenvalue weighted by Crippen LogP contribution is 2.14. The summed E-state index contributed by atoms with van der Waals surface area (Å²) in [6.45, 7) is 0. The number of amides is 2. The van der Waals surface area contributed by atoms with Crippen molar-refractivity contribution >= 4 is 17.5 Å². The highest BCUT2D eigenvalue weighted by atomic mass is 16.2. The molecule has 0 aromatic heterocycles. The minimum atomic E-state index is -0.333. The van der Waals surface area contributed by atoms with Crippen LogP contribution in [0.2, 0.25) is 0 Å². The fourth-order valence-electron chi connectivity index (χ4n) is 1.11. The summed E-state index contributed by atoms with van der Waals surface area (Å²) in [5.74, 6) is -0.665. The number of hydrogen-bond donors (Lipinski definition) is 0. The molecular formula is C10H5NO2. The molecule has 2 amide bonds. The Balaban J connectivity index is 2.38. The van der Waals surface area contributed by atoms with E-state index in [1.54, 1.807) is 18.2 Å². The van der Waals surface area contributed by atoms with Crippen LogP contribution in [0.1, 0.15) is 0 Å². The van der Waals surface area contributed by atoms with Gasteiger partial charge in [-0.3, -0.25) is 9.59 Å². The third-order valence-electron chi connectivity index (χ3n) is 1.68. The molecule has 2 rings (SSSR count). The number of anilines is 1. The van der Waals surface area contributed by atoms with Gasteiger partial charge >= 0.3 is 0 Å². The Hall–Kier alpha value is -2.08. The Labute approximate surface area is 75.3 Å². The van der Waals surface area contributed by atoms with Crippen molar-refractivity contribution in [3.63, 3.8) is 0 Å². The van der Waals surface area contributed by atoms with E-state index in [2.05, 4.69) is 12.1 Å². The van der Waals surface area contributed by atoms with Crippen molar-refractivity contribution in [2.24, 2.45) is 0 Å². The molecule has 13 heavy (non-hydrogen) atoms. The Kier molecular flexibility index (Phi) is 1.60. The van der Waals surface area contributed by atoms with Crippen molar-refractivity contribution in [2.75, 3.05) is 4.90 Å². The highest BCUT2D eigenvalue weighted by molar-refractivity contribution is 6.27. The Bertz CT molecular complexity index is 363. The standard InChI is InChI=1S/C10H5NO2/c12-9-6-7-10(13)11(9)8-4-2-1-3-5-8/h1-2,4,6-7H. The zero-order valence-corrected chi connectivity index (χ0v) is 6.65. The molecule has 62 valence electrons. The van der Waals surface area contributed by atoms with Gasteiger partial charge in [0.15, 0.2) is 0 Å². The first kappa shape index (κ1) is 7.56. The number of carbonyl (C=O) groups excluding carboxylic acids is 2. The lowest BCUT2D eigenvalue weighted by molar-refractivity contribution is -0.119. The molecule has 1 aliphatic rings. The smallest absolute Gasteiger partial charge is 0.258 e. The molecule has 0 saturated heterocycles. The maximum Gasteiger partial charge on any atom is 0.258 e. The van der Waals surface area contributed by atoms with Crippen LogP contribution in [-0.2, 0) is 9.59 Å². The summed E-state index contributed by atoms with van der Waals surface area (Å²) in [6, 6.07) is 10.4. The minimum absolute atomic E-state index is 0.333. The van der Waals surface area contributed by atoms with Gasteiger partial charge in [0.2, 0.25) is 0 Å². The second-order valence-corrected chi connectivity index (χ2v) is 2.53. The molecule has 0 bridgehead atoms. The average molecular weight is 171 g/mol. The van der Waals surface area contributed by atoms with Crippen LogP contribution < -0.4 is 4.90 Å². The molecule has 3 heteroatoms. The maximum atomic E-state index is 11.2. The van der Waals surface area contributed by atoms with Crippen molar-refractivity contribution in [1.29, 1.82) is 0 Å². The number of rotatable bonds is 1. The first-order chi connectivity index (χ1) is 6.29. The normalized spacial score (nSPS) is 14.9. The lowest BCUT2D eigenvalue weighted by Gasteiger charge is -2.10. The molecule has 0 fully saturated rings. The number of nitrogens with zero attached hydrogens (tertiary/aromatic N) is 1. The van der Waals surface area contributed by atoms with Crippen LogP contribution in [0.25, 0.3) is 0 Å². The van der Waals surface area contributed by atoms with Crippen molar-refractivity contribution in [3.8, 4) is 0 Å². The fraction of sp³-hybridized carbons (Fsp3) is 0. The van der Waals surface area contributed by atoms with Gasteiger partial charge < -0.3 is 0 Å². The number of imide groups is 1. The van der Waals surface area contributed by atoms with E-state index >= 15 is 0 Å². The number of carbonyl (C=O) groups is 2. The molecule has 0 N–H and O–H groups in total. The van der Waals surface area contributed by atoms with Gasteiger partial charge in [-0.15, -0.1) is 0 Å². The largest absolute Gasteiger partial charge is 0.269 e. The first-order valence-electron chi connectivity index (χ1n) is 3.73. The minimum Gasteiger partial charge on any atom is -0.269 e. The van der Waals surface area contributed by atoms with E-state index in [9.17, 15) is 9.59 Å².